The molecule has 0 bridgehead atoms. The molecule has 162 valence electrons. The minimum atomic E-state index is -3.64. The van der Waals surface area contributed by atoms with Crippen molar-refractivity contribution in [3.8, 4) is 11.5 Å². The Morgan fingerprint density at radius 2 is 1.59 bits per heavy atom. The lowest BCUT2D eigenvalue weighted by Gasteiger charge is -2.39. The van der Waals surface area contributed by atoms with E-state index in [-0.39, 0.29) is 16.7 Å². The minimum Gasteiger partial charge on any atom is -0.493 e. The molecule has 3 rings (SSSR count). The fraction of sp³-hybridized carbons (Fsp3) is 0.667. The zero-order valence-corrected chi connectivity index (χ0v) is 18.6. The third-order valence-corrected chi connectivity index (χ3v) is 7.87. The van der Waals surface area contributed by atoms with Gasteiger partial charge in [-0.25, -0.2) is 8.42 Å². The quantitative estimate of drug-likeness (QED) is 0.726. The number of rotatable bonds is 5. The highest BCUT2D eigenvalue weighted by Crippen LogP contribution is 2.32. The average Bonchev–Trinajstić information content (AvgIpc) is 2.72. The molecule has 0 spiro atoms. The summed E-state index contributed by atoms with van der Waals surface area (Å²) in [4.78, 5) is 15.1. The SMILES string of the molecule is COc1ccc(S(=O)(=O)N2CCC(C(=O)N3CC(C)CC(C)C3)CC2)cc1OC. The summed E-state index contributed by atoms with van der Waals surface area (Å²) in [6.45, 7) is 6.71. The van der Waals surface area contributed by atoms with Gasteiger partial charge in [-0.1, -0.05) is 13.8 Å². The van der Waals surface area contributed by atoms with Crippen LogP contribution in [0.5, 0.6) is 11.5 Å². The summed E-state index contributed by atoms with van der Waals surface area (Å²) in [5.41, 5.74) is 0. The number of likely N-dealkylation sites (tertiary alicyclic amines) is 1. The van der Waals surface area contributed by atoms with Crippen LogP contribution in [0.3, 0.4) is 0 Å². The van der Waals surface area contributed by atoms with Crippen LogP contribution in [0, 0.1) is 17.8 Å². The van der Waals surface area contributed by atoms with Crippen molar-refractivity contribution in [3.05, 3.63) is 18.2 Å². The summed E-state index contributed by atoms with van der Waals surface area (Å²) < 4.78 is 38.0. The topological polar surface area (TPSA) is 76.2 Å². The molecule has 0 radical (unpaired) electrons. The van der Waals surface area contributed by atoms with E-state index in [4.69, 9.17) is 9.47 Å². The molecule has 0 saturated carbocycles. The molecule has 2 atom stereocenters. The second-order valence-corrected chi connectivity index (χ2v) is 10.3. The first kappa shape index (κ1) is 21.9. The first-order chi connectivity index (χ1) is 13.8. The Labute approximate surface area is 174 Å². The number of hydrogen-bond donors (Lipinski definition) is 0. The molecule has 2 fully saturated rings. The van der Waals surface area contributed by atoms with Crippen molar-refractivity contribution in [1.29, 1.82) is 0 Å². The molecule has 7 nitrogen and oxygen atoms in total. The maximum atomic E-state index is 13.1. The van der Waals surface area contributed by atoms with E-state index in [1.165, 1.54) is 30.7 Å². The number of carbonyl (C=O) groups excluding carboxylic acids is 1. The van der Waals surface area contributed by atoms with Gasteiger partial charge in [0.1, 0.15) is 0 Å². The lowest BCUT2D eigenvalue weighted by atomic mass is 9.89. The first-order valence-electron chi connectivity index (χ1n) is 10.3. The zero-order valence-electron chi connectivity index (χ0n) is 17.8. The van der Waals surface area contributed by atoms with E-state index < -0.39 is 10.0 Å². The van der Waals surface area contributed by atoms with Gasteiger partial charge < -0.3 is 14.4 Å². The fourth-order valence-corrected chi connectivity index (χ4v) is 6.06. The molecule has 2 aliphatic heterocycles. The maximum Gasteiger partial charge on any atom is 0.243 e. The summed E-state index contributed by atoms with van der Waals surface area (Å²) in [5.74, 6) is 2.00. The number of nitrogens with zero attached hydrogens (tertiary/aromatic N) is 2. The molecule has 2 aliphatic rings. The van der Waals surface area contributed by atoms with Gasteiger partial charge >= 0.3 is 0 Å². The predicted molar refractivity (Wildman–Crippen MR) is 111 cm³/mol. The second-order valence-electron chi connectivity index (χ2n) is 8.38. The third kappa shape index (κ3) is 4.69. The minimum absolute atomic E-state index is 0.0932. The second kappa shape index (κ2) is 8.92. The van der Waals surface area contributed by atoms with Gasteiger partial charge in [-0.15, -0.1) is 0 Å². The maximum absolute atomic E-state index is 13.1. The Kier molecular flexibility index (Phi) is 6.73. The van der Waals surface area contributed by atoms with Gasteiger partial charge in [-0.2, -0.15) is 4.31 Å². The summed E-state index contributed by atoms with van der Waals surface area (Å²) in [6, 6.07) is 4.62. The van der Waals surface area contributed by atoms with Crippen LogP contribution in [0.2, 0.25) is 0 Å². The van der Waals surface area contributed by atoms with Gasteiger partial charge in [0.05, 0.1) is 19.1 Å². The molecule has 0 aromatic heterocycles. The number of hydrogen-bond acceptors (Lipinski definition) is 5. The van der Waals surface area contributed by atoms with Crippen molar-refractivity contribution in [3.63, 3.8) is 0 Å². The van der Waals surface area contributed by atoms with Gasteiger partial charge in [0.2, 0.25) is 15.9 Å². The summed E-state index contributed by atoms with van der Waals surface area (Å²) >= 11 is 0. The van der Waals surface area contributed by atoms with Crippen molar-refractivity contribution < 1.29 is 22.7 Å². The molecular formula is C21H32N2O5S. The zero-order chi connectivity index (χ0) is 21.2. The van der Waals surface area contributed by atoms with E-state index in [0.717, 1.165) is 19.5 Å². The number of carbonyl (C=O) groups is 1. The average molecular weight is 425 g/mol. The Bertz CT molecular complexity index is 823. The standard InChI is InChI=1S/C21H32N2O5S/c1-15-11-16(2)14-22(13-15)21(24)17-7-9-23(10-8-17)29(25,26)18-5-6-19(27-3)20(12-18)28-4/h5-6,12,15-17H,7-11,13-14H2,1-4H3. The molecule has 0 aliphatic carbocycles. The van der Waals surface area contributed by atoms with Gasteiger partial charge in [0.25, 0.3) is 0 Å². The van der Waals surface area contributed by atoms with Crippen molar-refractivity contribution in [2.75, 3.05) is 40.4 Å². The Balaban J connectivity index is 1.66. The van der Waals surface area contributed by atoms with Crippen LogP contribution in [-0.4, -0.2) is 63.9 Å². The van der Waals surface area contributed by atoms with E-state index in [9.17, 15) is 13.2 Å². The summed E-state index contributed by atoms with van der Waals surface area (Å²) in [6.07, 6.45) is 2.28. The van der Waals surface area contributed by atoms with Crippen molar-refractivity contribution >= 4 is 15.9 Å². The molecule has 2 unspecified atom stereocenters. The number of amides is 1. The van der Waals surface area contributed by atoms with Gasteiger partial charge in [-0.3, -0.25) is 4.79 Å². The highest BCUT2D eigenvalue weighted by molar-refractivity contribution is 7.89. The number of benzene rings is 1. The van der Waals surface area contributed by atoms with E-state index in [1.807, 2.05) is 4.90 Å². The molecule has 2 heterocycles. The number of piperidine rings is 2. The van der Waals surface area contributed by atoms with Crippen LogP contribution in [-0.2, 0) is 14.8 Å². The largest absolute Gasteiger partial charge is 0.493 e. The molecule has 1 aromatic carbocycles. The molecule has 1 aromatic rings. The van der Waals surface area contributed by atoms with Crippen molar-refractivity contribution in [1.82, 2.24) is 9.21 Å². The number of methoxy groups -OCH3 is 2. The van der Waals surface area contributed by atoms with Crippen LogP contribution in [0.25, 0.3) is 0 Å². The van der Waals surface area contributed by atoms with Gasteiger partial charge in [0, 0.05) is 38.2 Å². The highest BCUT2D eigenvalue weighted by atomic mass is 32.2. The molecule has 0 N–H and O–H groups in total. The van der Waals surface area contributed by atoms with Gasteiger partial charge in [0.15, 0.2) is 11.5 Å². The first-order valence-corrected chi connectivity index (χ1v) is 11.7. The Morgan fingerprint density at radius 3 is 2.14 bits per heavy atom. The molecule has 8 heteroatoms. The molecule has 2 saturated heterocycles. The van der Waals surface area contributed by atoms with E-state index in [0.29, 0.717) is 49.3 Å². The van der Waals surface area contributed by atoms with E-state index in [2.05, 4.69) is 13.8 Å². The summed E-state index contributed by atoms with van der Waals surface area (Å²) in [7, 11) is -0.647. The lowest BCUT2D eigenvalue weighted by Crippen LogP contribution is -2.48. The van der Waals surface area contributed by atoms with Crippen molar-refractivity contribution in [2.24, 2.45) is 17.8 Å². The lowest BCUT2D eigenvalue weighted by molar-refractivity contribution is -0.139. The van der Waals surface area contributed by atoms with Crippen molar-refractivity contribution in [2.45, 2.75) is 38.0 Å². The normalized spacial score (nSPS) is 24.3. The van der Waals surface area contributed by atoms with E-state index >= 15 is 0 Å². The van der Waals surface area contributed by atoms with Crippen LogP contribution in [0.1, 0.15) is 33.1 Å². The van der Waals surface area contributed by atoms with E-state index in [1.54, 1.807) is 6.07 Å². The van der Waals surface area contributed by atoms with Gasteiger partial charge in [-0.05, 0) is 43.2 Å². The van der Waals surface area contributed by atoms with Crippen LogP contribution >= 0.6 is 0 Å². The molecule has 29 heavy (non-hydrogen) atoms. The predicted octanol–water partition coefficient (Wildman–Crippen LogP) is 2.61. The highest BCUT2D eigenvalue weighted by Gasteiger charge is 2.35. The number of sulfonamides is 1. The Morgan fingerprint density at radius 1 is 1.00 bits per heavy atom. The van der Waals surface area contributed by atoms with Crippen LogP contribution in [0.15, 0.2) is 23.1 Å². The molecular weight excluding hydrogens is 392 g/mol. The van der Waals surface area contributed by atoms with Crippen LogP contribution < -0.4 is 9.47 Å². The summed E-state index contributed by atoms with van der Waals surface area (Å²) in [5, 5.41) is 0. The molecule has 1 amide bonds. The monoisotopic (exact) mass is 424 g/mol. The third-order valence-electron chi connectivity index (χ3n) is 5.98. The van der Waals surface area contributed by atoms with Crippen LogP contribution in [0.4, 0.5) is 0 Å². The fourth-order valence-electron chi connectivity index (χ4n) is 4.57. The number of ether oxygens (including phenoxy) is 2. The smallest absolute Gasteiger partial charge is 0.243 e. The Hall–Kier alpha value is -1.80.